The van der Waals surface area contributed by atoms with Crippen LogP contribution in [0, 0.1) is 23.7 Å². The monoisotopic (exact) mass is 521 g/mol. The highest BCUT2D eigenvalue weighted by Gasteiger charge is 2.25. The smallest absolute Gasteiger partial charge is 0.270 e. The summed E-state index contributed by atoms with van der Waals surface area (Å²) in [6, 6.07) is 9.52. The van der Waals surface area contributed by atoms with Crippen molar-refractivity contribution in [1.29, 1.82) is 5.26 Å². The molecule has 2 heterocycles. The maximum absolute atomic E-state index is 12.9. The number of hydrogen-bond acceptors (Lipinski definition) is 8. The third kappa shape index (κ3) is 7.08. The molecule has 1 aromatic carbocycles. The topological polar surface area (TPSA) is 122 Å². The van der Waals surface area contributed by atoms with E-state index in [9.17, 15) is 19.6 Å². The second kappa shape index (κ2) is 12.9. The van der Waals surface area contributed by atoms with E-state index in [4.69, 9.17) is 6.42 Å². The molecule has 3 N–H and O–H groups in total. The Morgan fingerprint density at radius 3 is 2.73 bits per heavy atom. The number of thiazole rings is 1. The summed E-state index contributed by atoms with van der Waals surface area (Å²) in [7, 11) is 4.10. The van der Waals surface area contributed by atoms with Crippen LogP contribution in [0.3, 0.4) is 0 Å². The van der Waals surface area contributed by atoms with Crippen LogP contribution in [0.1, 0.15) is 13.3 Å². The maximum atomic E-state index is 12.9. The van der Waals surface area contributed by atoms with Crippen molar-refractivity contribution in [3.05, 3.63) is 43.8 Å². The van der Waals surface area contributed by atoms with Gasteiger partial charge in [-0.3, -0.25) is 23.9 Å². The number of anilines is 2. The Hall–Kier alpha value is -3.90. The molecule has 1 aliphatic rings. The van der Waals surface area contributed by atoms with E-state index >= 15 is 0 Å². The second-order valence-corrected chi connectivity index (χ2v) is 9.78. The number of terminal acetylenes is 1. The molecular weight excluding hydrogens is 490 g/mol. The molecule has 1 fully saturated rings. The van der Waals surface area contributed by atoms with Crippen LogP contribution in [0.2, 0.25) is 0 Å². The molecule has 1 unspecified atom stereocenters. The van der Waals surface area contributed by atoms with Crippen LogP contribution >= 0.6 is 11.3 Å². The first-order valence-electron chi connectivity index (χ1n) is 11.9. The van der Waals surface area contributed by atoms with E-state index in [0.29, 0.717) is 35.0 Å². The van der Waals surface area contributed by atoms with Gasteiger partial charge in [0.25, 0.3) is 11.5 Å². The molecule has 2 aromatic rings. The molecule has 1 saturated heterocycles. The lowest BCUT2D eigenvalue weighted by molar-refractivity contribution is -0.117. The van der Waals surface area contributed by atoms with Gasteiger partial charge in [0.15, 0.2) is 5.57 Å². The number of nitrogens with zero attached hydrogens (tertiary/aromatic N) is 4. The third-order valence-electron chi connectivity index (χ3n) is 5.99. The average Bonchev–Trinajstić information content (AvgIpc) is 3.46. The number of amides is 2. The first kappa shape index (κ1) is 27.7. The fourth-order valence-electron chi connectivity index (χ4n) is 4.02. The van der Waals surface area contributed by atoms with Crippen LogP contribution in [-0.2, 0) is 16.1 Å². The van der Waals surface area contributed by atoms with Gasteiger partial charge in [-0.2, -0.15) is 5.26 Å². The molecule has 1 aromatic heterocycles. The minimum Gasteiger partial charge on any atom is -0.360 e. The quantitative estimate of drug-likeness (QED) is 0.390. The number of benzene rings is 1. The zero-order valence-electron chi connectivity index (χ0n) is 21.2. The zero-order chi connectivity index (χ0) is 26.9. The summed E-state index contributed by atoms with van der Waals surface area (Å²) < 4.78 is 1.97. The summed E-state index contributed by atoms with van der Waals surface area (Å²) >= 11 is 1.04. The molecule has 11 heteroatoms. The summed E-state index contributed by atoms with van der Waals surface area (Å²) in [4.78, 5) is 42.1. The van der Waals surface area contributed by atoms with E-state index in [1.807, 2.05) is 6.07 Å². The summed E-state index contributed by atoms with van der Waals surface area (Å²) in [5.41, 5.74) is 0.812. The number of nitriles is 1. The number of nitrogens with one attached hydrogen (secondary N) is 3. The van der Waals surface area contributed by atoms with Crippen LogP contribution in [0.5, 0.6) is 0 Å². The van der Waals surface area contributed by atoms with Crippen molar-refractivity contribution in [2.75, 3.05) is 50.9 Å². The molecule has 194 valence electrons. The molecule has 0 radical (unpaired) electrons. The molecule has 10 nitrogen and oxygen atoms in total. The Balaban J connectivity index is 1.76. The van der Waals surface area contributed by atoms with E-state index in [0.717, 1.165) is 30.8 Å². The number of likely N-dealkylation sites (tertiary alicyclic amines) is 1. The maximum Gasteiger partial charge on any atom is 0.270 e. The van der Waals surface area contributed by atoms with E-state index in [1.165, 1.54) is 10.8 Å². The van der Waals surface area contributed by atoms with E-state index in [1.54, 1.807) is 31.2 Å². The van der Waals surface area contributed by atoms with Gasteiger partial charge in [-0.05, 0) is 45.6 Å². The van der Waals surface area contributed by atoms with Crippen molar-refractivity contribution < 1.29 is 9.59 Å². The van der Waals surface area contributed by atoms with E-state index in [2.05, 4.69) is 45.8 Å². The van der Waals surface area contributed by atoms with Crippen LogP contribution in [0.4, 0.5) is 11.4 Å². The van der Waals surface area contributed by atoms with E-state index in [-0.39, 0.29) is 28.2 Å². The van der Waals surface area contributed by atoms with Crippen molar-refractivity contribution in [1.82, 2.24) is 19.7 Å². The Morgan fingerprint density at radius 2 is 2.08 bits per heavy atom. The number of rotatable bonds is 9. The Morgan fingerprint density at radius 1 is 1.32 bits per heavy atom. The molecule has 1 atom stereocenters. The lowest BCUT2D eigenvalue weighted by Gasteiger charge is -2.20. The fourth-order valence-corrected chi connectivity index (χ4v) is 5.11. The largest absolute Gasteiger partial charge is 0.360 e. The second-order valence-electron chi connectivity index (χ2n) is 8.75. The van der Waals surface area contributed by atoms with Crippen molar-refractivity contribution in [3.8, 4) is 18.4 Å². The molecule has 0 aliphatic carbocycles. The number of hydrogen-bond donors (Lipinski definition) is 3. The summed E-state index contributed by atoms with van der Waals surface area (Å²) in [5.74, 6) is 1.57. The Kier molecular flexibility index (Phi) is 9.64. The van der Waals surface area contributed by atoms with Crippen molar-refractivity contribution >= 4 is 46.3 Å². The lowest BCUT2D eigenvalue weighted by Crippen LogP contribution is -2.35. The number of likely N-dealkylation sites (N-methyl/N-ethyl adjacent to an activating group) is 1. The molecule has 3 rings (SSSR count). The predicted molar refractivity (Wildman–Crippen MR) is 146 cm³/mol. The highest BCUT2D eigenvalue weighted by molar-refractivity contribution is 7.07. The summed E-state index contributed by atoms with van der Waals surface area (Å²) in [5, 5.41) is 18.0. The van der Waals surface area contributed by atoms with E-state index < -0.39 is 5.91 Å². The predicted octanol–water partition coefficient (Wildman–Crippen LogP) is -0.222. The molecule has 1 aliphatic heterocycles. The Labute approximate surface area is 219 Å². The normalized spacial score (nSPS) is 16.7. The van der Waals surface area contributed by atoms with Crippen molar-refractivity contribution in [2.24, 2.45) is 0 Å². The molecular formula is C26H31N7O3S. The van der Waals surface area contributed by atoms with Gasteiger partial charge in [0.1, 0.15) is 15.3 Å². The SMILES string of the molecule is C#CCNC(=O)C(C#N)=c1sc(=CNc2cccc(NC(=O)CN3CCC(N(C)C)C3)c2)c(=O)n1CC. The van der Waals surface area contributed by atoms with Gasteiger partial charge < -0.3 is 20.9 Å². The van der Waals surface area contributed by atoms with Gasteiger partial charge >= 0.3 is 0 Å². The molecule has 0 bridgehead atoms. The van der Waals surface area contributed by atoms with Gasteiger partial charge in [0.2, 0.25) is 5.91 Å². The highest BCUT2D eigenvalue weighted by atomic mass is 32.1. The minimum absolute atomic E-state index is 0.0200. The van der Waals surface area contributed by atoms with Crippen molar-refractivity contribution in [2.45, 2.75) is 25.9 Å². The van der Waals surface area contributed by atoms with Crippen LogP contribution in [0.25, 0.3) is 11.8 Å². The summed E-state index contributed by atoms with van der Waals surface area (Å²) in [6.45, 7) is 4.12. The van der Waals surface area contributed by atoms with Gasteiger partial charge in [-0.15, -0.1) is 17.8 Å². The van der Waals surface area contributed by atoms with Gasteiger partial charge in [0.05, 0.1) is 13.1 Å². The fraction of sp³-hybridized carbons (Fsp3) is 0.385. The third-order valence-corrected chi connectivity index (χ3v) is 7.12. The van der Waals surface area contributed by atoms with Gasteiger partial charge in [-0.25, -0.2) is 0 Å². The zero-order valence-corrected chi connectivity index (χ0v) is 22.0. The van der Waals surface area contributed by atoms with Crippen molar-refractivity contribution in [3.63, 3.8) is 0 Å². The molecule has 37 heavy (non-hydrogen) atoms. The lowest BCUT2D eigenvalue weighted by atomic mass is 10.2. The molecule has 0 saturated carbocycles. The first-order chi connectivity index (χ1) is 17.8. The standard InChI is InChI=1S/C26H31N7O3S/c1-5-11-28-24(35)21(14-27)26-33(6-2)25(36)22(37-26)15-29-18-8-7-9-19(13-18)30-23(34)17-32-12-10-20(16-32)31(3)4/h1,7-9,13,15,20,29H,6,10-12,16-17H2,2-4H3,(H,28,35)(H,30,34). The van der Waals surface area contributed by atoms with Crippen LogP contribution in [-0.4, -0.2) is 72.5 Å². The number of aromatic nitrogens is 1. The molecule has 2 amide bonds. The number of carbonyl (C=O) groups excluding carboxylic acids is 2. The van der Waals surface area contributed by atoms with Gasteiger partial charge in [-0.1, -0.05) is 12.0 Å². The summed E-state index contributed by atoms with van der Waals surface area (Å²) in [6.07, 6.45) is 7.75. The van der Waals surface area contributed by atoms with Crippen LogP contribution in [0.15, 0.2) is 29.1 Å². The van der Waals surface area contributed by atoms with Crippen LogP contribution < -0.4 is 30.7 Å². The molecule has 0 spiro atoms. The number of carbonyl (C=O) groups is 2. The Bertz CT molecular complexity index is 1410. The van der Waals surface area contributed by atoms with Gasteiger partial charge in [0, 0.05) is 43.3 Å². The minimum atomic E-state index is -0.627. The highest BCUT2D eigenvalue weighted by Crippen LogP contribution is 2.16. The average molecular weight is 522 g/mol. The first-order valence-corrected chi connectivity index (χ1v) is 12.7.